The number of ether oxygens (including phenoxy) is 1. The third-order valence-corrected chi connectivity index (χ3v) is 2.46. The normalized spacial score (nSPS) is 10.7. The molecule has 6 heteroatoms. The van der Waals surface area contributed by atoms with Crippen LogP contribution in [0, 0.1) is 0 Å². The van der Waals surface area contributed by atoms with Crippen molar-refractivity contribution in [3.05, 3.63) is 30.4 Å². The molecule has 0 aromatic carbocycles. The summed E-state index contributed by atoms with van der Waals surface area (Å²) in [5.74, 6) is 0.853. The van der Waals surface area contributed by atoms with Gasteiger partial charge in [0, 0.05) is 51.4 Å². The van der Waals surface area contributed by atoms with E-state index in [-0.39, 0.29) is 0 Å². The van der Waals surface area contributed by atoms with E-state index in [2.05, 4.69) is 15.4 Å². The van der Waals surface area contributed by atoms with Crippen LogP contribution in [0.4, 0.5) is 5.95 Å². The number of aryl methyl sites for hydroxylation is 1. The van der Waals surface area contributed by atoms with Crippen LogP contribution in [-0.2, 0) is 24.9 Å². The number of methoxy groups -OCH3 is 1. The maximum atomic E-state index is 5.05. The minimum absolute atomic E-state index is 0.679. The van der Waals surface area contributed by atoms with E-state index in [4.69, 9.17) is 4.74 Å². The molecule has 0 radical (unpaired) electrons. The predicted molar refractivity (Wildman–Crippen MR) is 64.6 cm³/mol. The molecule has 0 aliphatic rings. The average Bonchev–Trinajstić information content (AvgIpc) is 2.92. The van der Waals surface area contributed by atoms with Crippen LogP contribution in [0.3, 0.4) is 0 Å². The monoisotopic (exact) mass is 235 g/mol. The summed E-state index contributed by atoms with van der Waals surface area (Å²) in [6, 6.07) is 0. The number of hydrogen-bond donors (Lipinski definition) is 1. The van der Waals surface area contributed by atoms with Crippen molar-refractivity contribution >= 4 is 5.95 Å². The Hall–Kier alpha value is -1.82. The van der Waals surface area contributed by atoms with Crippen LogP contribution >= 0.6 is 0 Å². The van der Waals surface area contributed by atoms with Crippen molar-refractivity contribution in [1.29, 1.82) is 0 Å². The summed E-state index contributed by atoms with van der Waals surface area (Å²) in [4.78, 5) is 4.26. The van der Waals surface area contributed by atoms with Gasteiger partial charge in [0.05, 0.1) is 12.8 Å². The molecule has 1 N–H and O–H groups in total. The van der Waals surface area contributed by atoms with Gasteiger partial charge < -0.3 is 14.6 Å². The fourth-order valence-electron chi connectivity index (χ4n) is 1.59. The minimum Gasteiger partial charge on any atom is -0.383 e. The molecule has 6 nitrogen and oxygen atoms in total. The highest BCUT2D eigenvalue weighted by Crippen LogP contribution is 2.06. The molecule has 0 unspecified atom stereocenters. The largest absolute Gasteiger partial charge is 0.383 e. The summed E-state index contributed by atoms with van der Waals surface area (Å²) in [7, 11) is 3.60. The van der Waals surface area contributed by atoms with Crippen LogP contribution in [0.25, 0.3) is 0 Å². The van der Waals surface area contributed by atoms with Crippen molar-refractivity contribution < 1.29 is 4.74 Å². The quantitative estimate of drug-likeness (QED) is 0.807. The number of rotatable bonds is 6. The van der Waals surface area contributed by atoms with Crippen LogP contribution < -0.4 is 5.32 Å². The van der Waals surface area contributed by atoms with Gasteiger partial charge in [-0.2, -0.15) is 5.10 Å². The highest BCUT2D eigenvalue weighted by atomic mass is 16.5. The molecule has 0 aliphatic heterocycles. The van der Waals surface area contributed by atoms with Crippen molar-refractivity contribution in [2.24, 2.45) is 7.05 Å². The van der Waals surface area contributed by atoms with E-state index >= 15 is 0 Å². The number of hydrogen-bond acceptors (Lipinski definition) is 4. The second-order valence-corrected chi connectivity index (χ2v) is 3.81. The fraction of sp³-hybridized carbons (Fsp3) is 0.455. The Balaban J connectivity index is 1.92. The van der Waals surface area contributed by atoms with Crippen LogP contribution in [0.15, 0.2) is 24.8 Å². The average molecular weight is 235 g/mol. The number of nitrogens with one attached hydrogen (secondary N) is 1. The molecule has 0 aliphatic carbocycles. The molecule has 2 aromatic heterocycles. The third-order valence-electron chi connectivity index (χ3n) is 2.46. The number of nitrogens with zero attached hydrogens (tertiary/aromatic N) is 4. The molecule has 0 saturated heterocycles. The van der Waals surface area contributed by atoms with Crippen LogP contribution in [-0.4, -0.2) is 33.0 Å². The topological polar surface area (TPSA) is 56.9 Å². The van der Waals surface area contributed by atoms with Gasteiger partial charge in [-0.05, 0) is 0 Å². The van der Waals surface area contributed by atoms with Crippen molar-refractivity contribution in [2.45, 2.75) is 13.1 Å². The molecule has 0 amide bonds. The Morgan fingerprint density at radius 2 is 2.35 bits per heavy atom. The van der Waals surface area contributed by atoms with Gasteiger partial charge in [0.1, 0.15) is 0 Å². The third kappa shape index (κ3) is 3.07. The SMILES string of the molecule is COCCn1ccnc1NCc1cnn(C)c1. The maximum Gasteiger partial charge on any atom is 0.203 e. The zero-order valence-electron chi connectivity index (χ0n) is 10.1. The zero-order valence-corrected chi connectivity index (χ0v) is 10.1. The lowest BCUT2D eigenvalue weighted by atomic mass is 10.4. The van der Waals surface area contributed by atoms with Crippen molar-refractivity contribution in [2.75, 3.05) is 19.0 Å². The van der Waals surface area contributed by atoms with E-state index in [1.165, 1.54) is 0 Å². The Morgan fingerprint density at radius 1 is 1.47 bits per heavy atom. The lowest BCUT2D eigenvalue weighted by molar-refractivity contribution is 0.187. The molecule has 17 heavy (non-hydrogen) atoms. The Labute approximate surface area is 100 Å². The summed E-state index contributed by atoms with van der Waals surface area (Å²) in [5, 5.41) is 7.39. The second kappa shape index (κ2) is 5.49. The van der Waals surface area contributed by atoms with E-state index < -0.39 is 0 Å². The molecule has 0 atom stereocenters. The van der Waals surface area contributed by atoms with Gasteiger partial charge in [-0.1, -0.05) is 0 Å². The summed E-state index contributed by atoms with van der Waals surface area (Å²) < 4.78 is 8.86. The minimum atomic E-state index is 0.679. The number of anilines is 1. The lowest BCUT2D eigenvalue weighted by Gasteiger charge is -2.08. The van der Waals surface area contributed by atoms with E-state index in [0.717, 1.165) is 24.6 Å². The van der Waals surface area contributed by atoms with Gasteiger partial charge in [0.15, 0.2) is 0 Å². The summed E-state index contributed by atoms with van der Waals surface area (Å²) >= 11 is 0. The second-order valence-electron chi connectivity index (χ2n) is 3.81. The first-order chi connectivity index (χ1) is 8.29. The van der Waals surface area contributed by atoms with Crippen LogP contribution in [0.5, 0.6) is 0 Å². The number of aromatic nitrogens is 4. The highest BCUT2D eigenvalue weighted by molar-refractivity contribution is 5.27. The molecule has 2 heterocycles. The summed E-state index contributed by atoms with van der Waals surface area (Å²) in [6.07, 6.45) is 7.54. The zero-order chi connectivity index (χ0) is 12.1. The molecule has 92 valence electrons. The van der Waals surface area contributed by atoms with Crippen LogP contribution in [0.2, 0.25) is 0 Å². The molecule has 0 bridgehead atoms. The van der Waals surface area contributed by atoms with E-state index in [1.807, 2.05) is 30.2 Å². The molecule has 2 rings (SSSR count). The van der Waals surface area contributed by atoms with Gasteiger partial charge in [-0.3, -0.25) is 4.68 Å². The van der Waals surface area contributed by atoms with E-state index in [0.29, 0.717) is 6.61 Å². The Morgan fingerprint density at radius 3 is 3.06 bits per heavy atom. The molecule has 2 aromatic rings. The number of imidazole rings is 1. The maximum absolute atomic E-state index is 5.05. The molecular weight excluding hydrogens is 218 g/mol. The Kier molecular flexibility index (Phi) is 3.77. The molecular formula is C11H17N5O. The van der Waals surface area contributed by atoms with Gasteiger partial charge in [0.2, 0.25) is 5.95 Å². The van der Waals surface area contributed by atoms with Gasteiger partial charge in [-0.15, -0.1) is 0 Å². The van der Waals surface area contributed by atoms with Crippen molar-refractivity contribution in [3.8, 4) is 0 Å². The first kappa shape index (κ1) is 11.7. The van der Waals surface area contributed by atoms with Gasteiger partial charge in [-0.25, -0.2) is 4.98 Å². The molecule has 0 saturated carbocycles. The summed E-state index contributed by atoms with van der Waals surface area (Å²) in [6.45, 7) is 2.20. The van der Waals surface area contributed by atoms with Gasteiger partial charge in [0.25, 0.3) is 0 Å². The predicted octanol–water partition coefficient (Wildman–Crippen LogP) is 0.875. The van der Waals surface area contributed by atoms with Crippen LogP contribution in [0.1, 0.15) is 5.56 Å². The summed E-state index contributed by atoms with van der Waals surface area (Å²) in [5.41, 5.74) is 1.13. The van der Waals surface area contributed by atoms with Crippen molar-refractivity contribution in [3.63, 3.8) is 0 Å². The first-order valence-electron chi connectivity index (χ1n) is 5.51. The van der Waals surface area contributed by atoms with Gasteiger partial charge >= 0.3 is 0 Å². The molecule has 0 fully saturated rings. The molecule has 0 spiro atoms. The Bertz CT molecular complexity index is 462. The van der Waals surface area contributed by atoms with Crippen molar-refractivity contribution in [1.82, 2.24) is 19.3 Å². The van der Waals surface area contributed by atoms with E-state index in [1.54, 1.807) is 18.0 Å². The smallest absolute Gasteiger partial charge is 0.203 e. The highest BCUT2D eigenvalue weighted by Gasteiger charge is 2.02. The van der Waals surface area contributed by atoms with E-state index in [9.17, 15) is 0 Å². The lowest BCUT2D eigenvalue weighted by Crippen LogP contribution is -2.09. The standard InChI is InChI=1S/C11H17N5O/c1-15-9-10(8-14-15)7-13-11-12-3-4-16(11)5-6-17-2/h3-4,8-9H,5-7H2,1-2H3,(H,12,13). The first-order valence-corrected chi connectivity index (χ1v) is 5.51. The fourth-order valence-corrected chi connectivity index (χ4v) is 1.59.